The first kappa shape index (κ1) is 24.4. The Kier molecular flexibility index (Phi) is 5.87. The number of benzene rings is 1. The zero-order valence-electron chi connectivity index (χ0n) is 15.2. The number of hydrogen-bond donors (Lipinski definition) is 4. The minimum atomic E-state index is -6.23. The highest BCUT2D eigenvalue weighted by molar-refractivity contribution is 6.06. The molecule has 0 saturated heterocycles. The molecule has 4 N–H and O–H groups in total. The summed E-state index contributed by atoms with van der Waals surface area (Å²) in [4.78, 5) is 45.1. The van der Waals surface area contributed by atoms with Crippen molar-refractivity contribution in [1.29, 1.82) is 0 Å². The standard InChI is InChI=1S/C18H10F6O8/c19-17(20,21)16(18(22,23)24)5-10(15(31)32)9(14(29)30)4-11(16)6-1-2-7(12(25)26)8(3-6)13(27)28/h1-5,11H,(H,25,26)(H,27,28)(H,29,30)(H,31,32). The van der Waals surface area contributed by atoms with Crippen molar-refractivity contribution in [2.24, 2.45) is 5.41 Å². The molecule has 1 atom stereocenters. The fourth-order valence-electron chi connectivity index (χ4n) is 3.30. The molecule has 1 aliphatic carbocycles. The molecule has 0 fully saturated rings. The van der Waals surface area contributed by atoms with Gasteiger partial charge in [0.25, 0.3) is 0 Å². The highest BCUT2D eigenvalue weighted by Gasteiger charge is 2.74. The molecule has 0 bridgehead atoms. The van der Waals surface area contributed by atoms with Gasteiger partial charge in [0.15, 0.2) is 5.41 Å². The lowest BCUT2D eigenvalue weighted by Crippen LogP contribution is -2.54. The molecule has 0 aliphatic heterocycles. The Morgan fingerprint density at radius 1 is 0.719 bits per heavy atom. The molecular formula is C18H10F6O8. The van der Waals surface area contributed by atoms with E-state index >= 15 is 0 Å². The first-order valence-corrected chi connectivity index (χ1v) is 8.11. The van der Waals surface area contributed by atoms with E-state index in [-0.39, 0.29) is 12.1 Å². The lowest BCUT2D eigenvalue weighted by molar-refractivity contribution is -0.326. The summed E-state index contributed by atoms with van der Waals surface area (Å²) in [6.45, 7) is 0. The summed E-state index contributed by atoms with van der Waals surface area (Å²) in [6, 6.07) is 1.14. The smallest absolute Gasteiger partial charge is 0.407 e. The number of aliphatic carboxylic acids is 2. The Labute approximate surface area is 172 Å². The fourth-order valence-corrected chi connectivity index (χ4v) is 3.30. The van der Waals surface area contributed by atoms with Crippen molar-refractivity contribution in [2.45, 2.75) is 18.3 Å². The van der Waals surface area contributed by atoms with Crippen molar-refractivity contribution in [1.82, 2.24) is 0 Å². The normalized spacial score (nSPS) is 18.4. The van der Waals surface area contributed by atoms with Gasteiger partial charge in [-0.1, -0.05) is 12.1 Å². The van der Waals surface area contributed by atoms with E-state index in [4.69, 9.17) is 20.4 Å². The van der Waals surface area contributed by atoms with E-state index in [1.165, 1.54) is 0 Å². The molecule has 172 valence electrons. The van der Waals surface area contributed by atoms with Crippen LogP contribution in [0.15, 0.2) is 41.5 Å². The number of carbonyl (C=O) groups is 4. The fraction of sp³-hybridized carbons (Fsp3) is 0.222. The summed E-state index contributed by atoms with van der Waals surface area (Å²) in [5, 5.41) is 36.3. The van der Waals surface area contributed by atoms with E-state index in [1.54, 1.807) is 0 Å². The van der Waals surface area contributed by atoms with Crippen molar-refractivity contribution in [3.05, 3.63) is 58.2 Å². The second kappa shape index (κ2) is 7.69. The maximum Gasteiger partial charge on any atom is 0.407 e. The van der Waals surface area contributed by atoms with Crippen LogP contribution in [0.4, 0.5) is 26.3 Å². The van der Waals surface area contributed by atoms with Crippen molar-refractivity contribution in [2.75, 3.05) is 0 Å². The third-order valence-corrected chi connectivity index (χ3v) is 4.75. The van der Waals surface area contributed by atoms with E-state index in [9.17, 15) is 45.5 Å². The van der Waals surface area contributed by atoms with Crippen LogP contribution in [0.5, 0.6) is 0 Å². The summed E-state index contributed by atoms with van der Waals surface area (Å²) < 4.78 is 83.5. The zero-order chi connectivity index (χ0) is 24.8. The summed E-state index contributed by atoms with van der Waals surface area (Å²) in [5.41, 5.74) is -11.3. The number of halogens is 6. The second-order valence-corrected chi connectivity index (χ2v) is 6.51. The van der Waals surface area contributed by atoms with Gasteiger partial charge >= 0.3 is 36.2 Å². The van der Waals surface area contributed by atoms with Gasteiger partial charge in [0.05, 0.1) is 22.3 Å². The highest BCUT2D eigenvalue weighted by atomic mass is 19.4. The monoisotopic (exact) mass is 468 g/mol. The van der Waals surface area contributed by atoms with Crippen LogP contribution in [-0.4, -0.2) is 56.7 Å². The molecule has 0 radical (unpaired) electrons. The van der Waals surface area contributed by atoms with Gasteiger partial charge in [-0.2, -0.15) is 26.3 Å². The predicted molar refractivity (Wildman–Crippen MR) is 89.1 cm³/mol. The zero-order valence-corrected chi connectivity index (χ0v) is 15.2. The van der Waals surface area contributed by atoms with E-state index < -0.39 is 81.5 Å². The molecular weight excluding hydrogens is 458 g/mol. The average molecular weight is 468 g/mol. The number of rotatable bonds is 5. The van der Waals surface area contributed by atoms with E-state index in [0.29, 0.717) is 12.1 Å². The lowest BCUT2D eigenvalue weighted by Gasteiger charge is -2.42. The van der Waals surface area contributed by atoms with Crippen LogP contribution in [0.25, 0.3) is 0 Å². The second-order valence-electron chi connectivity index (χ2n) is 6.51. The number of alkyl halides is 6. The van der Waals surface area contributed by atoms with Crippen LogP contribution in [0.2, 0.25) is 0 Å². The van der Waals surface area contributed by atoms with Gasteiger partial charge in [0.2, 0.25) is 0 Å². The lowest BCUT2D eigenvalue weighted by atomic mass is 9.65. The van der Waals surface area contributed by atoms with E-state index in [0.717, 1.165) is 0 Å². The first-order chi connectivity index (χ1) is 14.5. The molecule has 0 amide bonds. The Morgan fingerprint density at radius 3 is 1.56 bits per heavy atom. The average Bonchev–Trinajstić information content (AvgIpc) is 2.64. The quantitative estimate of drug-likeness (QED) is 0.481. The van der Waals surface area contributed by atoms with Crippen LogP contribution in [-0.2, 0) is 9.59 Å². The molecule has 0 spiro atoms. The van der Waals surface area contributed by atoms with Gasteiger partial charge < -0.3 is 20.4 Å². The third-order valence-electron chi connectivity index (χ3n) is 4.75. The molecule has 8 nitrogen and oxygen atoms in total. The number of carboxylic acids is 4. The Morgan fingerprint density at radius 2 is 1.19 bits per heavy atom. The first-order valence-electron chi connectivity index (χ1n) is 8.11. The van der Waals surface area contributed by atoms with Gasteiger partial charge in [0.1, 0.15) is 0 Å². The SMILES string of the molecule is O=C(O)C1=CC(c2ccc(C(=O)O)c(C(=O)O)c2)C(C(F)(F)F)(C(F)(F)F)C=C1C(=O)O. The third kappa shape index (κ3) is 3.78. The van der Waals surface area contributed by atoms with Gasteiger partial charge in [0, 0.05) is 5.92 Å². The van der Waals surface area contributed by atoms with E-state index in [1.807, 2.05) is 0 Å². The van der Waals surface area contributed by atoms with Crippen molar-refractivity contribution >= 4 is 23.9 Å². The molecule has 1 aliphatic rings. The van der Waals surface area contributed by atoms with Gasteiger partial charge in [-0.15, -0.1) is 0 Å². The molecule has 1 aromatic rings. The molecule has 0 aromatic heterocycles. The molecule has 32 heavy (non-hydrogen) atoms. The molecule has 0 saturated carbocycles. The van der Waals surface area contributed by atoms with Gasteiger partial charge in [-0.05, 0) is 23.8 Å². The van der Waals surface area contributed by atoms with E-state index in [2.05, 4.69) is 0 Å². The van der Waals surface area contributed by atoms with Gasteiger partial charge in [-0.25, -0.2) is 19.2 Å². The van der Waals surface area contributed by atoms with Crippen LogP contribution in [0, 0.1) is 5.41 Å². The maximum absolute atomic E-state index is 13.9. The molecule has 0 heterocycles. The van der Waals surface area contributed by atoms with Crippen LogP contribution < -0.4 is 0 Å². The highest BCUT2D eigenvalue weighted by Crippen LogP contribution is 2.62. The Bertz CT molecular complexity index is 1070. The van der Waals surface area contributed by atoms with Gasteiger partial charge in [-0.3, -0.25) is 0 Å². The molecule has 1 unspecified atom stereocenters. The molecule has 2 rings (SSSR count). The minimum absolute atomic E-state index is 0.0891. The summed E-state index contributed by atoms with van der Waals surface area (Å²) in [7, 11) is 0. The Hall–Kier alpha value is -3.84. The van der Waals surface area contributed by atoms with Crippen molar-refractivity contribution < 1.29 is 65.9 Å². The summed E-state index contributed by atoms with van der Waals surface area (Å²) >= 11 is 0. The number of hydrogen-bond acceptors (Lipinski definition) is 4. The van der Waals surface area contributed by atoms with Crippen LogP contribution >= 0.6 is 0 Å². The number of aromatic carboxylic acids is 2. The Balaban J connectivity index is 3.01. The summed E-state index contributed by atoms with van der Waals surface area (Å²) in [5.74, 6) is -11.3. The predicted octanol–water partition coefficient (Wildman–Crippen LogP) is 3.31. The topological polar surface area (TPSA) is 149 Å². The van der Waals surface area contributed by atoms with Crippen LogP contribution in [0.3, 0.4) is 0 Å². The summed E-state index contributed by atoms with van der Waals surface area (Å²) in [6.07, 6.45) is -13.3. The maximum atomic E-state index is 13.9. The number of carboxylic acid groups (broad SMARTS) is 4. The largest absolute Gasteiger partial charge is 0.478 e. The van der Waals surface area contributed by atoms with Crippen LogP contribution in [0.1, 0.15) is 32.2 Å². The van der Waals surface area contributed by atoms with Crippen molar-refractivity contribution in [3.63, 3.8) is 0 Å². The minimum Gasteiger partial charge on any atom is -0.478 e. The molecule has 1 aromatic carbocycles. The van der Waals surface area contributed by atoms with Crippen molar-refractivity contribution in [3.8, 4) is 0 Å². The molecule has 14 heteroatoms. The number of allylic oxidation sites excluding steroid dienone is 2.